The smallest absolute Gasteiger partial charge is 0.410 e. The van der Waals surface area contributed by atoms with Gasteiger partial charge in [0.25, 0.3) is 0 Å². The number of fused-ring (bicyclic) bond motifs is 5. The number of amides is 1. The predicted octanol–water partition coefficient (Wildman–Crippen LogP) is 5.07. The van der Waals surface area contributed by atoms with E-state index in [4.69, 9.17) is 9.15 Å². The molecule has 1 aromatic rings. The van der Waals surface area contributed by atoms with Crippen molar-refractivity contribution >= 4 is 6.09 Å². The lowest BCUT2D eigenvalue weighted by Gasteiger charge is -2.63. The molecule has 2 heterocycles. The molecule has 8 atom stereocenters. The van der Waals surface area contributed by atoms with Crippen LogP contribution in [0.3, 0.4) is 0 Å². The standard InChI is InChI=1S/C31H46N2O5/c1-29-13-8-23(38-28(35)33-16-11-22(32-3)12-17-33)18-21(29)5-6-26-25(29)9-14-30(2)24(10-15-31(26,30)36)20-4-7-27(34)37-19-20/h4,7,19,21-26,32,36H,5-6,8-18H2,1-3H3/t21-,23+,24-,25+,26-,29+,30-,31+/m1/s1. The molecule has 210 valence electrons. The third-order valence-electron chi connectivity index (χ3n) is 12.4. The Balaban J connectivity index is 1.13. The molecule has 5 aliphatic rings. The van der Waals surface area contributed by atoms with Crippen LogP contribution < -0.4 is 10.9 Å². The highest BCUT2D eigenvalue weighted by molar-refractivity contribution is 5.68. The lowest BCUT2D eigenvalue weighted by atomic mass is 9.43. The molecule has 0 bridgehead atoms. The van der Waals surface area contributed by atoms with Crippen LogP contribution in [0, 0.1) is 28.6 Å². The van der Waals surface area contributed by atoms with Gasteiger partial charge in [-0.05, 0) is 118 Å². The molecule has 1 amide bonds. The van der Waals surface area contributed by atoms with Crippen molar-refractivity contribution in [3.05, 3.63) is 34.4 Å². The van der Waals surface area contributed by atoms with Crippen molar-refractivity contribution in [2.24, 2.45) is 28.6 Å². The molecule has 7 heteroatoms. The van der Waals surface area contributed by atoms with Gasteiger partial charge in [-0.15, -0.1) is 0 Å². The molecule has 4 aliphatic carbocycles. The van der Waals surface area contributed by atoms with E-state index in [1.54, 1.807) is 6.26 Å². The van der Waals surface area contributed by atoms with Crippen LogP contribution in [-0.4, -0.2) is 54.0 Å². The Labute approximate surface area is 226 Å². The van der Waals surface area contributed by atoms with Crippen LogP contribution >= 0.6 is 0 Å². The van der Waals surface area contributed by atoms with E-state index >= 15 is 0 Å². The fourth-order valence-electron chi connectivity index (χ4n) is 9.96. The number of ether oxygens (including phenoxy) is 1. The highest BCUT2D eigenvalue weighted by Gasteiger charge is 2.67. The summed E-state index contributed by atoms with van der Waals surface area (Å²) < 4.78 is 11.3. The van der Waals surface area contributed by atoms with E-state index in [2.05, 4.69) is 19.2 Å². The summed E-state index contributed by atoms with van der Waals surface area (Å²) in [5.74, 6) is 1.57. The minimum atomic E-state index is -0.687. The normalized spacial score (nSPS) is 43.2. The Kier molecular flexibility index (Phi) is 6.70. The van der Waals surface area contributed by atoms with Gasteiger partial charge in [0.15, 0.2) is 0 Å². The third-order valence-corrected chi connectivity index (χ3v) is 12.4. The summed E-state index contributed by atoms with van der Waals surface area (Å²) in [5.41, 5.74) is 0.0322. The summed E-state index contributed by atoms with van der Waals surface area (Å²) in [6.07, 6.45) is 12.5. The molecule has 7 nitrogen and oxygen atoms in total. The van der Waals surface area contributed by atoms with Crippen molar-refractivity contribution in [1.29, 1.82) is 0 Å². The molecule has 2 N–H and O–H groups in total. The Morgan fingerprint density at radius 2 is 1.82 bits per heavy atom. The predicted molar refractivity (Wildman–Crippen MR) is 145 cm³/mol. The molecular formula is C31H46N2O5. The molecule has 4 saturated carbocycles. The first-order valence-corrected chi connectivity index (χ1v) is 15.1. The fourth-order valence-corrected chi connectivity index (χ4v) is 9.96. The molecular weight excluding hydrogens is 480 g/mol. The number of aliphatic hydroxyl groups is 1. The van der Waals surface area contributed by atoms with Crippen LogP contribution in [0.4, 0.5) is 4.79 Å². The maximum Gasteiger partial charge on any atom is 0.410 e. The second-order valence-corrected chi connectivity index (χ2v) is 13.7. The average molecular weight is 527 g/mol. The van der Waals surface area contributed by atoms with E-state index < -0.39 is 5.60 Å². The molecule has 6 rings (SSSR count). The van der Waals surface area contributed by atoms with Gasteiger partial charge in [0.2, 0.25) is 0 Å². The van der Waals surface area contributed by atoms with Crippen LogP contribution in [-0.2, 0) is 4.74 Å². The Bertz CT molecular complexity index is 1080. The van der Waals surface area contributed by atoms with Gasteiger partial charge in [-0.1, -0.05) is 13.8 Å². The van der Waals surface area contributed by atoms with Gasteiger partial charge in [0, 0.05) is 30.6 Å². The largest absolute Gasteiger partial charge is 0.446 e. The van der Waals surface area contributed by atoms with Crippen LogP contribution in [0.25, 0.3) is 0 Å². The van der Waals surface area contributed by atoms with Gasteiger partial charge >= 0.3 is 11.7 Å². The maximum atomic E-state index is 12.9. The van der Waals surface area contributed by atoms with Gasteiger partial charge in [-0.3, -0.25) is 0 Å². The van der Waals surface area contributed by atoms with Gasteiger partial charge in [0.05, 0.1) is 11.9 Å². The molecule has 0 unspecified atom stereocenters. The van der Waals surface area contributed by atoms with Crippen molar-refractivity contribution in [2.75, 3.05) is 20.1 Å². The van der Waals surface area contributed by atoms with Crippen LogP contribution in [0.15, 0.2) is 27.6 Å². The summed E-state index contributed by atoms with van der Waals surface area (Å²) in [4.78, 5) is 26.4. The molecule has 1 saturated heterocycles. The number of carbonyl (C=O) groups is 1. The zero-order valence-corrected chi connectivity index (χ0v) is 23.4. The number of carbonyl (C=O) groups excluding carboxylic acids is 1. The van der Waals surface area contributed by atoms with Crippen LogP contribution in [0.5, 0.6) is 0 Å². The summed E-state index contributed by atoms with van der Waals surface area (Å²) in [5, 5.41) is 15.8. The number of rotatable bonds is 3. The summed E-state index contributed by atoms with van der Waals surface area (Å²) in [6, 6.07) is 3.92. The fraction of sp³-hybridized carbons (Fsp3) is 0.806. The topological polar surface area (TPSA) is 92.0 Å². The van der Waals surface area contributed by atoms with Crippen molar-refractivity contribution < 1.29 is 19.1 Å². The first-order valence-electron chi connectivity index (χ1n) is 15.1. The van der Waals surface area contributed by atoms with Crippen molar-refractivity contribution in [2.45, 2.75) is 108 Å². The molecule has 38 heavy (non-hydrogen) atoms. The lowest BCUT2D eigenvalue weighted by molar-refractivity contribution is -0.205. The average Bonchev–Trinajstić information content (AvgIpc) is 3.20. The minimum Gasteiger partial charge on any atom is -0.446 e. The van der Waals surface area contributed by atoms with Gasteiger partial charge in [-0.2, -0.15) is 0 Å². The first kappa shape index (κ1) is 26.4. The number of likely N-dealkylation sites (tertiary alicyclic amines) is 1. The monoisotopic (exact) mass is 526 g/mol. The van der Waals surface area contributed by atoms with Crippen molar-refractivity contribution in [3.8, 4) is 0 Å². The van der Waals surface area contributed by atoms with Gasteiger partial charge in [0.1, 0.15) is 6.10 Å². The molecule has 0 radical (unpaired) electrons. The Hall–Kier alpha value is -1.86. The van der Waals surface area contributed by atoms with E-state index in [1.807, 2.05) is 18.0 Å². The van der Waals surface area contributed by atoms with Gasteiger partial charge < -0.3 is 24.5 Å². The van der Waals surface area contributed by atoms with Crippen LogP contribution in [0.2, 0.25) is 0 Å². The first-order chi connectivity index (χ1) is 18.2. The molecule has 5 fully saturated rings. The summed E-state index contributed by atoms with van der Waals surface area (Å²) in [6.45, 7) is 6.31. The summed E-state index contributed by atoms with van der Waals surface area (Å²) in [7, 11) is 1.99. The number of nitrogens with one attached hydrogen (secondary N) is 1. The zero-order valence-electron chi connectivity index (χ0n) is 23.4. The molecule has 1 aromatic heterocycles. The SMILES string of the molecule is CNC1CCN(C(=O)O[C@H]2CC[C@@]3(C)[C@H](CC[C@@H]4[C@@H]3CC[C@]3(C)[C@@H](c5ccc(=O)oc5)CC[C@]43O)C2)CC1. The third kappa shape index (κ3) is 4.06. The van der Waals surface area contributed by atoms with E-state index in [9.17, 15) is 14.7 Å². The molecule has 0 aromatic carbocycles. The van der Waals surface area contributed by atoms with E-state index in [0.717, 1.165) is 89.3 Å². The minimum absolute atomic E-state index is 0.0136. The maximum absolute atomic E-state index is 12.9. The lowest BCUT2D eigenvalue weighted by Crippen LogP contribution is -2.62. The second kappa shape index (κ2) is 9.65. The summed E-state index contributed by atoms with van der Waals surface area (Å²) >= 11 is 0. The number of nitrogens with zero attached hydrogens (tertiary/aromatic N) is 1. The highest BCUT2D eigenvalue weighted by atomic mass is 16.6. The quantitative estimate of drug-likeness (QED) is 0.571. The molecule has 0 spiro atoms. The number of hydrogen-bond donors (Lipinski definition) is 2. The van der Waals surface area contributed by atoms with Crippen molar-refractivity contribution in [1.82, 2.24) is 10.2 Å². The second-order valence-electron chi connectivity index (χ2n) is 13.7. The zero-order chi connectivity index (χ0) is 26.7. The Morgan fingerprint density at radius 1 is 1.03 bits per heavy atom. The van der Waals surface area contributed by atoms with E-state index in [0.29, 0.717) is 23.8 Å². The van der Waals surface area contributed by atoms with Gasteiger partial charge in [-0.25, -0.2) is 9.59 Å². The van der Waals surface area contributed by atoms with Crippen molar-refractivity contribution in [3.63, 3.8) is 0 Å². The number of piperidine rings is 1. The van der Waals surface area contributed by atoms with Crippen LogP contribution in [0.1, 0.15) is 96.0 Å². The molecule has 1 aliphatic heterocycles. The van der Waals surface area contributed by atoms with E-state index in [-0.39, 0.29) is 34.6 Å². The Morgan fingerprint density at radius 3 is 2.53 bits per heavy atom. The number of hydrogen-bond acceptors (Lipinski definition) is 6. The highest BCUT2D eigenvalue weighted by Crippen LogP contribution is 2.70. The van der Waals surface area contributed by atoms with E-state index in [1.165, 1.54) is 6.07 Å².